The Morgan fingerprint density at radius 3 is 2.59 bits per heavy atom. The van der Waals surface area contributed by atoms with Gasteiger partial charge < -0.3 is 0 Å². The van der Waals surface area contributed by atoms with Crippen LogP contribution in [0.4, 0.5) is 0 Å². The predicted molar refractivity (Wildman–Crippen MR) is 96.4 cm³/mol. The van der Waals surface area contributed by atoms with Gasteiger partial charge >= 0.3 is 0 Å². The molecule has 110 valence electrons. The van der Waals surface area contributed by atoms with Crippen molar-refractivity contribution in [2.24, 2.45) is 4.99 Å². The van der Waals surface area contributed by atoms with Gasteiger partial charge in [0, 0.05) is 11.3 Å². The fraction of sp³-hybridized carbons (Fsp3) is 0.222. The van der Waals surface area contributed by atoms with Crippen LogP contribution in [-0.2, 0) is 4.75 Å². The molecule has 0 saturated carbocycles. The molecule has 1 aliphatic heterocycles. The molecule has 2 aromatic carbocycles. The van der Waals surface area contributed by atoms with Gasteiger partial charge in [0.1, 0.15) is 5.40 Å². The summed E-state index contributed by atoms with van der Waals surface area (Å²) in [5.41, 5.74) is 3.66. The number of thiocyanates is 1. The van der Waals surface area contributed by atoms with E-state index in [1.54, 1.807) is 11.8 Å². The minimum absolute atomic E-state index is 0.137. The van der Waals surface area contributed by atoms with Crippen LogP contribution in [0.5, 0.6) is 0 Å². The summed E-state index contributed by atoms with van der Waals surface area (Å²) in [7, 11) is 0. The standard InChI is InChI=1S/C18H16N2S2/c1-14-7-9-15(10-8-14)17-20-11-18(22-17,12-21-13-19)16-5-3-2-4-6-16/h2-10H,11-12H2,1H3. The van der Waals surface area contributed by atoms with Gasteiger partial charge in [0.15, 0.2) is 0 Å². The summed E-state index contributed by atoms with van der Waals surface area (Å²) in [5.74, 6) is 0.747. The number of thioether (sulfide) groups is 2. The normalized spacial score (nSPS) is 20.5. The molecule has 1 aliphatic rings. The second kappa shape index (κ2) is 6.60. The maximum atomic E-state index is 8.97. The van der Waals surface area contributed by atoms with Gasteiger partial charge in [0.05, 0.1) is 16.3 Å². The summed E-state index contributed by atoms with van der Waals surface area (Å²) in [4.78, 5) is 4.78. The topological polar surface area (TPSA) is 36.1 Å². The fourth-order valence-electron chi connectivity index (χ4n) is 2.49. The van der Waals surface area contributed by atoms with E-state index in [4.69, 9.17) is 10.3 Å². The number of rotatable bonds is 4. The van der Waals surface area contributed by atoms with Crippen molar-refractivity contribution in [1.29, 1.82) is 5.26 Å². The molecule has 0 radical (unpaired) electrons. The summed E-state index contributed by atoms with van der Waals surface area (Å²) in [5, 5.41) is 12.2. The van der Waals surface area contributed by atoms with E-state index in [1.165, 1.54) is 22.9 Å². The van der Waals surface area contributed by atoms with Crippen LogP contribution in [-0.4, -0.2) is 17.3 Å². The number of hydrogen-bond acceptors (Lipinski definition) is 4. The Morgan fingerprint density at radius 1 is 1.18 bits per heavy atom. The zero-order chi connectivity index (χ0) is 15.4. The van der Waals surface area contributed by atoms with E-state index >= 15 is 0 Å². The molecule has 3 rings (SSSR count). The lowest BCUT2D eigenvalue weighted by molar-refractivity contribution is 0.734. The van der Waals surface area contributed by atoms with Crippen molar-refractivity contribution in [1.82, 2.24) is 0 Å². The number of nitriles is 1. The summed E-state index contributed by atoms with van der Waals surface area (Å²) in [6, 6.07) is 18.9. The van der Waals surface area contributed by atoms with E-state index in [0.29, 0.717) is 0 Å². The minimum atomic E-state index is -0.137. The molecule has 2 nitrogen and oxygen atoms in total. The molecule has 2 aromatic rings. The third kappa shape index (κ3) is 3.06. The van der Waals surface area contributed by atoms with Crippen molar-refractivity contribution in [2.45, 2.75) is 11.7 Å². The third-order valence-electron chi connectivity index (χ3n) is 3.74. The van der Waals surface area contributed by atoms with E-state index in [-0.39, 0.29) is 4.75 Å². The molecule has 0 fully saturated rings. The summed E-state index contributed by atoms with van der Waals surface area (Å²) < 4.78 is -0.137. The van der Waals surface area contributed by atoms with Gasteiger partial charge in [-0.25, -0.2) is 0 Å². The van der Waals surface area contributed by atoms with Crippen molar-refractivity contribution in [2.75, 3.05) is 12.3 Å². The van der Waals surface area contributed by atoms with Gasteiger partial charge in [0.25, 0.3) is 0 Å². The van der Waals surface area contributed by atoms with Crippen LogP contribution in [0.3, 0.4) is 0 Å². The molecule has 4 heteroatoms. The van der Waals surface area contributed by atoms with E-state index in [1.807, 2.05) is 6.07 Å². The molecule has 0 N–H and O–H groups in total. The second-order valence-corrected chi connectivity index (χ2v) is 7.46. The number of benzene rings is 2. The van der Waals surface area contributed by atoms with Crippen molar-refractivity contribution in [3.05, 3.63) is 71.3 Å². The van der Waals surface area contributed by atoms with Crippen molar-refractivity contribution >= 4 is 28.6 Å². The average Bonchev–Trinajstić information content (AvgIpc) is 3.00. The Balaban J connectivity index is 1.89. The highest BCUT2D eigenvalue weighted by atomic mass is 32.2. The highest BCUT2D eigenvalue weighted by Gasteiger charge is 2.39. The van der Waals surface area contributed by atoms with Crippen LogP contribution in [0.15, 0.2) is 59.6 Å². The van der Waals surface area contributed by atoms with Gasteiger partial charge in [-0.15, -0.1) is 0 Å². The Bertz CT molecular complexity index is 717. The first kappa shape index (κ1) is 15.2. The zero-order valence-electron chi connectivity index (χ0n) is 12.3. The number of hydrogen-bond donors (Lipinski definition) is 0. The summed E-state index contributed by atoms with van der Waals surface area (Å²) in [6.07, 6.45) is 0. The molecule has 0 saturated heterocycles. The van der Waals surface area contributed by atoms with Crippen LogP contribution < -0.4 is 0 Å². The fourth-order valence-corrected chi connectivity index (χ4v) is 4.60. The molecule has 0 bridgehead atoms. The molecule has 22 heavy (non-hydrogen) atoms. The maximum Gasteiger partial charge on any atom is 0.133 e. The number of aliphatic imine (C=N–C) groups is 1. The largest absolute Gasteiger partial charge is 0.276 e. The maximum absolute atomic E-state index is 8.97. The SMILES string of the molecule is Cc1ccc(C2=NCC(CSC#N)(c3ccccc3)S2)cc1. The van der Waals surface area contributed by atoms with E-state index in [2.05, 4.69) is 60.9 Å². The number of nitrogens with zero attached hydrogens (tertiary/aromatic N) is 2. The average molecular weight is 324 g/mol. The molecular formula is C18H16N2S2. The highest BCUT2D eigenvalue weighted by molar-refractivity contribution is 8.16. The van der Waals surface area contributed by atoms with Crippen molar-refractivity contribution in [3.63, 3.8) is 0 Å². The van der Waals surface area contributed by atoms with Gasteiger partial charge in [-0.2, -0.15) is 5.26 Å². The lowest BCUT2D eigenvalue weighted by atomic mass is 10.0. The molecule has 1 heterocycles. The van der Waals surface area contributed by atoms with Gasteiger partial charge in [-0.1, -0.05) is 71.9 Å². The van der Waals surface area contributed by atoms with Gasteiger partial charge in [-0.05, 0) is 24.2 Å². The van der Waals surface area contributed by atoms with E-state index in [9.17, 15) is 0 Å². The molecule has 0 amide bonds. The van der Waals surface area contributed by atoms with Gasteiger partial charge in [0.2, 0.25) is 0 Å². The Labute approximate surface area is 139 Å². The lowest BCUT2D eigenvalue weighted by Gasteiger charge is -2.26. The molecule has 1 atom stereocenters. The summed E-state index contributed by atoms with van der Waals surface area (Å²) in [6.45, 7) is 2.81. The van der Waals surface area contributed by atoms with Crippen LogP contribution in [0.25, 0.3) is 0 Å². The quantitative estimate of drug-likeness (QED) is 0.771. The van der Waals surface area contributed by atoms with Gasteiger partial charge in [-0.3, -0.25) is 4.99 Å². The smallest absolute Gasteiger partial charge is 0.133 e. The third-order valence-corrected chi connectivity index (χ3v) is 6.15. The molecule has 0 spiro atoms. The van der Waals surface area contributed by atoms with Crippen LogP contribution >= 0.6 is 23.5 Å². The molecular weight excluding hydrogens is 308 g/mol. The second-order valence-electron chi connectivity index (χ2n) is 5.33. The predicted octanol–water partition coefficient (Wildman–Crippen LogP) is 4.60. The molecule has 0 aromatic heterocycles. The Hall–Kier alpha value is -1.70. The van der Waals surface area contributed by atoms with E-state index in [0.717, 1.165) is 22.9 Å². The molecule has 0 aliphatic carbocycles. The lowest BCUT2D eigenvalue weighted by Crippen LogP contribution is -2.26. The van der Waals surface area contributed by atoms with Crippen LogP contribution in [0.2, 0.25) is 0 Å². The summed E-state index contributed by atoms with van der Waals surface area (Å²) >= 11 is 3.10. The zero-order valence-corrected chi connectivity index (χ0v) is 14.0. The van der Waals surface area contributed by atoms with Crippen LogP contribution in [0, 0.1) is 17.6 Å². The first-order chi connectivity index (χ1) is 10.7. The first-order valence-electron chi connectivity index (χ1n) is 7.10. The highest BCUT2D eigenvalue weighted by Crippen LogP contribution is 2.45. The monoisotopic (exact) mass is 324 g/mol. The van der Waals surface area contributed by atoms with E-state index < -0.39 is 0 Å². The Morgan fingerprint density at radius 2 is 1.91 bits per heavy atom. The van der Waals surface area contributed by atoms with Crippen molar-refractivity contribution in [3.8, 4) is 5.40 Å². The first-order valence-corrected chi connectivity index (χ1v) is 8.91. The molecule has 1 unspecified atom stereocenters. The minimum Gasteiger partial charge on any atom is -0.276 e. The van der Waals surface area contributed by atoms with Crippen molar-refractivity contribution < 1.29 is 0 Å². The number of aryl methyl sites for hydroxylation is 1. The van der Waals surface area contributed by atoms with Crippen LogP contribution in [0.1, 0.15) is 16.7 Å². The Kier molecular flexibility index (Phi) is 4.56.